The van der Waals surface area contributed by atoms with Crippen molar-refractivity contribution in [3.63, 3.8) is 0 Å². The van der Waals surface area contributed by atoms with Gasteiger partial charge in [0.15, 0.2) is 0 Å². The molecule has 0 saturated carbocycles. The lowest BCUT2D eigenvalue weighted by Crippen LogP contribution is -2.05. The molecule has 110 valence electrons. The monoisotopic (exact) mass is 288 g/mol. The first kappa shape index (κ1) is 14.7. The second-order valence-electron chi connectivity index (χ2n) is 4.72. The lowest BCUT2D eigenvalue weighted by Gasteiger charge is -2.09. The minimum absolute atomic E-state index is 0.0677. The average Bonchev–Trinajstić information content (AvgIpc) is 2.36. The van der Waals surface area contributed by atoms with Crippen molar-refractivity contribution in [1.29, 1.82) is 0 Å². The summed E-state index contributed by atoms with van der Waals surface area (Å²) >= 11 is 0. The Morgan fingerprint density at radius 1 is 1.14 bits per heavy atom. The van der Waals surface area contributed by atoms with E-state index in [1.807, 2.05) is 19.9 Å². The van der Waals surface area contributed by atoms with Crippen LogP contribution in [0.3, 0.4) is 0 Å². The molecular weight excluding hydrogens is 272 g/mol. The quantitative estimate of drug-likeness (QED) is 0.686. The first-order valence-corrected chi connectivity index (χ1v) is 6.37. The molecular formula is C14H16N4O3. The van der Waals surface area contributed by atoms with Crippen LogP contribution < -0.4 is 10.1 Å². The van der Waals surface area contributed by atoms with Gasteiger partial charge in [0.1, 0.15) is 11.4 Å². The van der Waals surface area contributed by atoms with Gasteiger partial charge in [0.05, 0.1) is 4.92 Å². The molecule has 0 fully saturated rings. The second kappa shape index (κ2) is 5.74. The summed E-state index contributed by atoms with van der Waals surface area (Å²) in [4.78, 5) is 18.7. The van der Waals surface area contributed by atoms with Crippen molar-refractivity contribution < 1.29 is 9.66 Å². The van der Waals surface area contributed by atoms with Crippen LogP contribution in [0.5, 0.6) is 11.6 Å². The molecule has 0 aliphatic carbocycles. The third-order valence-corrected chi connectivity index (χ3v) is 2.84. The van der Waals surface area contributed by atoms with Crippen LogP contribution in [0.15, 0.2) is 18.2 Å². The van der Waals surface area contributed by atoms with Crippen molar-refractivity contribution in [2.75, 3.05) is 12.4 Å². The molecule has 1 heterocycles. The fourth-order valence-electron chi connectivity index (χ4n) is 2.04. The Balaban J connectivity index is 2.51. The highest BCUT2D eigenvalue weighted by Gasteiger charge is 2.24. The summed E-state index contributed by atoms with van der Waals surface area (Å²) in [6, 6.07) is 5.59. The molecule has 0 aliphatic heterocycles. The first-order chi connectivity index (χ1) is 9.90. The van der Waals surface area contributed by atoms with Crippen molar-refractivity contribution >= 4 is 11.6 Å². The van der Waals surface area contributed by atoms with E-state index >= 15 is 0 Å². The van der Waals surface area contributed by atoms with Crippen LogP contribution in [-0.2, 0) is 0 Å². The molecule has 0 saturated heterocycles. The molecule has 0 atom stereocenters. The molecule has 1 aromatic heterocycles. The minimum atomic E-state index is -0.535. The van der Waals surface area contributed by atoms with Crippen molar-refractivity contribution in [3.05, 3.63) is 45.1 Å². The number of anilines is 1. The van der Waals surface area contributed by atoms with Crippen molar-refractivity contribution in [3.8, 4) is 11.6 Å². The van der Waals surface area contributed by atoms with Crippen molar-refractivity contribution in [2.45, 2.75) is 20.8 Å². The summed E-state index contributed by atoms with van der Waals surface area (Å²) < 4.78 is 5.62. The summed E-state index contributed by atoms with van der Waals surface area (Å²) in [7, 11) is 1.64. The number of benzene rings is 1. The van der Waals surface area contributed by atoms with Crippen LogP contribution in [0, 0.1) is 30.9 Å². The number of aromatic nitrogens is 2. The standard InChI is InChI=1S/C14H16N4O3/c1-8-5-9(2)7-11(6-8)21-13-12(18(19)20)10(3)16-14(15-4)17-13/h5-7H,1-4H3,(H,15,16,17). The predicted molar refractivity (Wildman–Crippen MR) is 79.0 cm³/mol. The number of aryl methyl sites for hydroxylation is 3. The zero-order valence-electron chi connectivity index (χ0n) is 12.3. The largest absolute Gasteiger partial charge is 0.434 e. The Hall–Kier alpha value is -2.70. The molecule has 7 nitrogen and oxygen atoms in total. The number of rotatable bonds is 4. The molecule has 7 heteroatoms. The van der Waals surface area contributed by atoms with Gasteiger partial charge >= 0.3 is 11.6 Å². The van der Waals surface area contributed by atoms with E-state index in [9.17, 15) is 10.1 Å². The second-order valence-corrected chi connectivity index (χ2v) is 4.72. The topological polar surface area (TPSA) is 90.2 Å². The normalized spacial score (nSPS) is 10.3. The van der Waals surface area contributed by atoms with Gasteiger partial charge in [-0.05, 0) is 44.0 Å². The maximum Gasteiger partial charge on any atom is 0.352 e. The van der Waals surface area contributed by atoms with Crippen LogP contribution in [0.4, 0.5) is 11.6 Å². The molecule has 0 spiro atoms. The lowest BCUT2D eigenvalue weighted by molar-refractivity contribution is -0.386. The van der Waals surface area contributed by atoms with E-state index < -0.39 is 4.92 Å². The SMILES string of the molecule is CNc1nc(C)c([N+](=O)[O-])c(Oc2cc(C)cc(C)c2)n1. The molecule has 1 aromatic carbocycles. The number of hydrogen-bond donors (Lipinski definition) is 1. The van der Waals surface area contributed by atoms with Gasteiger partial charge in [0.2, 0.25) is 5.95 Å². The Labute approximate surface area is 122 Å². The van der Waals surface area contributed by atoms with E-state index in [1.54, 1.807) is 26.1 Å². The summed E-state index contributed by atoms with van der Waals surface area (Å²) in [5.74, 6) is 0.718. The Bertz CT molecular complexity index is 681. The third kappa shape index (κ3) is 3.25. The molecule has 0 bridgehead atoms. The fraction of sp³-hybridized carbons (Fsp3) is 0.286. The van der Waals surface area contributed by atoms with E-state index in [0.717, 1.165) is 11.1 Å². The molecule has 0 unspecified atom stereocenters. The highest BCUT2D eigenvalue weighted by molar-refractivity contribution is 5.50. The average molecular weight is 288 g/mol. The van der Waals surface area contributed by atoms with E-state index in [2.05, 4.69) is 15.3 Å². The summed E-state index contributed by atoms with van der Waals surface area (Å²) in [6.07, 6.45) is 0. The Kier molecular flexibility index (Phi) is 4.02. The number of nitro groups is 1. The van der Waals surface area contributed by atoms with Crippen LogP contribution >= 0.6 is 0 Å². The molecule has 21 heavy (non-hydrogen) atoms. The van der Waals surface area contributed by atoms with Gasteiger partial charge < -0.3 is 10.1 Å². The van der Waals surface area contributed by atoms with Gasteiger partial charge in [-0.15, -0.1) is 0 Å². The van der Waals surface area contributed by atoms with Gasteiger partial charge in [-0.2, -0.15) is 4.98 Å². The number of nitrogens with zero attached hydrogens (tertiary/aromatic N) is 3. The first-order valence-electron chi connectivity index (χ1n) is 6.37. The summed E-state index contributed by atoms with van der Waals surface area (Å²) in [5.41, 5.74) is 2.03. The van der Waals surface area contributed by atoms with Crippen LogP contribution in [0.2, 0.25) is 0 Å². The van der Waals surface area contributed by atoms with E-state index in [4.69, 9.17) is 4.74 Å². The highest BCUT2D eigenvalue weighted by Crippen LogP contribution is 2.33. The number of nitrogens with one attached hydrogen (secondary N) is 1. The van der Waals surface area contributed by atoms with Gasteiger partial charge in [-0.3, -0.25) is 10.1 Å². The molecule has 0 aliphatic rings. The lowest BCUT2D eigenvalue weighted by atomic mass is 10.1. The third-order valence-electron chi connectivity index (χ3n) is 2.84. The maximum absolute atomic E-state index is 11.2. The molecule has 0 radical (unpaired) electrons. The van der Waals surface area contributed by atoms with Gasteiger partial charge in [0, 0.05) is 7.05 Å². The molecule has 1 N–H and O–H groups in total. The molecule has 0 amide bonds. The number of hydrogen-bond acceptors (Lipinski definition) is 6. The minimum Gasteiger partial charge on any atom is -0.434 e. The highest BCUT2D eigenvalue weighted by atomic mass is 16.6. The van der Waals surface area contributed by atoms with E-state index in [1.165, 1.54) is 0 Å². The zero-order valence-corrected chi connectivity index (χ0v) is 12.3. The van der Waals surface area contributed by atoms with Crippen molar-refractivity contribution in [1.82, 2.24) is 9.97 Å². The van der Waals surface area contributed by atoms with Crippen LogP contribution in [0.1, 0.15) is 16.8 Å². The predicted octanol–water partition coefficient (Wildman–Crippen LogP) is 3.14. The number of ether oxygens (including phenoxy) is 1. The van der Waals surface area contributed by atoms with E-state index in [0.29, 0.717) is 5.75 Å². The van der Waals surface area contributed by atoms with Gasteiger partial charge in [0.25, 0.3) is 0 Å². The van der Waals surface area contributed by atoms with Crippen LogP contribution in [0.25, 0.3) is 0 Å². The summed E-state index contributed by atoms with van der Waals surface area (Å²) in [5, 5.41) is 13.9. The van der Waals surface area contributed by atoms with Gasteiger partial charge in [-0.25, -0.2) is 4.98 Å². The summed E-state index contributed by atoms with van der Waals surface area (Å²) in [6.45, 7) is 5.41. The molecule has 2 aromatic rings. The van der Waals surface area contributed by atoms with Crippen LogP contribution in [-0.4, -0.2) is 21.9 Å². The van der Waals surface area contributed by atoms with E-state index in [-0.39, 0.29) is 23.2 Å². The molecule has 2 rings (SSSR count). The fourth-order valence-corrected chi connectivity index (χ4v) is 2.04. The Morgan fingerprint density at radius 2 is 1.76 bits per heavy atom. The van der Waals surface area contributed by atoms with Gasteiger partial charge in [-0.1, -0.05) is 6.07 Å². The maximum atomic E-state index is 11.2. The smallest absolute Gasteiger partial charge is 0.352 e. The zero-order chi connectivity index (χ0) is 15.6. The van der Waals surface area contributed by atoms with Crippen molar-refractivity contribution in [2.24, 2.45) is 0 Å². The Morgan fingerprint density at radius 3 is 2.29 bits per heavy atom.